The molecule has 7 heteroatoms. The Labute approximate surface area is 115 Å². The molecule has 0 amide bonds. The summed E-state index contributed by atoms with van der Waals surface area (Å²) in [6.07, 6.45) is 1.60. The van der Waals surface area contributed by atoms with Crippen molar-refractivity contribution in [1.82, 2.24) is 15.2 Å². The van der Waals surface area contributed by atoms with Crippen LogP contribution < -0.4 is 5.73 Å². The van der Waals surface area contributed by atoms with Gasteiger partial charge in [-0.15, -0.1) is 0 Å². The average Bonchev–Trinajstić information content (AvgIpc) is 2.80. The first-order valence-electron chi connectivity index (χ1n) is 6.14. The Morgan fingerprint density at radius 2 is 2.05 bits per heavy atom. The van der Waals surface area contributed by atoms with Gasteiger partial charge in [0.25, 0.3) is 0 Å². The lowest BCUT2D eigenvalue weighted by atomic mass is 10.1. The van der Waals surface area contributed by atoms with Crippen molar-refractivity contribution >= 4 is 37.5 Å². The van der Waals surface area contributed by atoms with E-state index in [9.17, 15) is 8.42 Å². The Bertz CT molecular complexity index is 899. The van der Waals surface area contributed by atoms with Gasteiger partial charge >= 0.3 is 0 Å². The molecular weight excluding hydrogens is 276 g/mol. The number of para-hydroxylation sites is 1. The van der Waals surface area contributed by atoms with Crippen molar-refractivity contribution in [2.45, 2.75) is 6.42 Å². The number of pyridine rings is 1. The first kappa shape index (κ1) is 12.9. The molecule has 0 saturated heterocycles. The zero-order valence-corrected chi connectivity index (χ0v) is 11.7. The average molecular weight is 290 g/mol. The highest BCUT2D eigenvalue weighted by atomic mass is 32.2. The molecule has 0 spiro atoms. The van der Waals surface area contributed by atoms with Gasteiger partial charge in [-0.25, -0.2) is 13.4 Å². The molecule has 1 aromatic carbocycles. The molecule has 2 aromatic heterocycles. The van der Waals surface area contributed by atoms with Crippen LogP contribution in [0.3, 0.4) is 0 Å². The number of sulfone groups is 1. The SMILES string of the molecule is CS(=O)(=O)CCc1[nH]nc2c(N)nc3ccccc3c12. The van der Waals surface area contributed by atoms with Crippen LogP contribution >= 0.6 is 0 Å². The molecule has 3 aromatic rings. The summed E-state index contributed by atoms with van der Waals surface area (Å²) in [5.74, 6) is 0.418. The van der Waals surface area contributed by atoms with Crippen LogP contribution in [0.2, 0.25) is 0 Å². The normalized spacial score (nSPS) is 12.2. The number of nitrogens with two attached hydrogens (primary N) is 1. The maximum Gasteiger partial charge on any atom is 0.152 e. The van der Waals surface area contributed by atoms with E-state index in [0.29, 0.717) is 17.8 Å². The Morgan fingerprint density at radius 1 is 1.30 bits per heavy atom. The first-order chi connectivity index (χ1) is 9.46. The minimum absolute atomic E-state index is 0.0703. The van der Waals surface area contributed by atoms with E-state index in [4.69, 9.17) is 5.73 Å². The van der Waals surface area contributed by atoms with E-state index in [-0.39, 0.29) is 5.75 Å². The molecule has 0 unspecified atom stereocenters. The number of aromatic amines is 1. The summed E-state index contributed by atoms with van der Waals surface area (Å²) in [6.45, 7) is 0. The number of nitrogen functional groups attached to an aromatic ring is 1. The molecule has 0 bridgehead atoms. The Hall–Kier alpha value is -2.15. The van der Waals surface area contributed by atoms with Crippen LogP contribution in [0.5, 0.6) is 0 Å². The topological polar surface area (TPSA) is 102 Å². The highest BCUT2D eigenvalue weighted by Gasteiger charge is 2.14. The molecule has 3 rings (SSSR count). The molecule has 0 atom stereocenters. The predicted molar refractivity (Wildman–Crippen MR) is 79.2 cm³/mol. The van der Waals surface area contributed by atoms with E-state index in [1.807, 2.05) is 24.3 Å². The summed E-state index contributed by atoms with van der Waals surface area (Å²) in [5, 5.41) is 8.83. The van der Waals surface area contributed by atoms with Crippen LogP contribution in [-0.4, -0.2) is 35.6 Å². The summed E-state index contributed by atoms with van der Waals surface area (Å²) in [7, 11) is -3.03. The minimum Gasteiger partial charge on any atom is -0.382 e. The fourth-order valence-electron chi connectivity index (χ4n) is 2.29. The molecular formula is C13H14N4O2S. The van der Waals surface area contributed by atoms with Crippen molar-refractivity contribution in [3.05, 3.63) is 30.0 Å². The quantitative estimate of drug-likeness (QED) is 0.756. The molecule has 0 aliphatic rings. The summed E-state index contributed by atoms with van der Waals surface area (Å²) < 4.78 is 22.6. The summed E-state index contributed by atoms with van der Waals surface area (Å²) in [6, 6.07) is 7.60. The van der Waals surface area contributed by atoms with Gasteiger partial charge in [0.15, 0.2) is 5.82 Å². The van der Waals surface area contributed by atoms with E-state index >= 15 is 0 Å². The second-order valence-electron chi connectivity index (χ2n) is 4.82. The zero-order chi connectivity index (χ0) is 14.3. The van der Waals surface area contributed by atoms with Gasteiger partial charge in [0.2, 0.25) is 0 Å². The highest BCUT2D eigenvalue weighted by molar-refractivity contribution is 7.90. The van der Waals surface area contributed by atoms with Gasteiger partial charge in [-0.2, -0.15) is 5.10 Å². The van der Waals surface area contributed by atoms with E-state index in [2.05, 4.69) is 15.2 Å². The van der Waals surface area contributed by atoms with Gasteiger partial charge in [0, 0.05) is 29.1 Å². The molecule has 104 valence electrons. The Morgan fingerprint density at radius 3 is 2.80 bits per heavy atom. The first-order valence-corrected chi connectivity index (χ1v) is 8.20. The van der Waals surface area contributed by atoms with Gasteiger partial charge in [-0.3, -0.25) is 5.10 Å². The zero-order valence-electron chi connectivity index (χ0n) is 10.9. The van der Waals surface area contributed by atoms with Gasteiger partial charge < -0.3 is 5.73 Å². The monoisotopic (exact) mass is 290 g/mol. The van der Waals surface area contributed by atoms with Crippen LogP contribution in [0.4, 0.5) is 5.82 Å². The maximum absolute atomic E-state index is 11.3. The molecule has 0 aliphatic heterocycles. The number of hydrogen-bond donors (Lipinski definition) is 2. The fourth-order valence-corrected chi connectivity index (χ4v) is 2.86. The molecule has 2 heterocycles. The number of aryl methyl sites for hydroxylation is 1. The van der Waals surface area contributed by atoms with Crippen LogP contribution in [0.25, 0.3) is 21.8 Å². The Kier molecular flexibility index (Phi) is 2.86. The van der Waals surface area contributed by atoms with Crippen molar-refractivity contribution in [3.63, 3.8) is 0 Å². The predicted octanol–water partition coefficient (Wildman–Crippen LogP) is 1.28. The van der Waals surface area contributed by atoms with Crippen molar-refractivity contribution < 1.29 is 8.42 Å². The maximum atomic E-state index is 11.3. The smallest absolute Gasteiger partial charge is 0.152 e. The van der Waals surface area contributed by atoms with Crippen molar-refractivity contribution in [1.29, 1.82) is 0 Å². The van der Waals surface area contributed by atoms with E-state index < -0.39 is 9.84 Å². The number of nitrogens with one attached hydrogen (secondary N) is 1. The van der Waals surface area contributed by atoms with Crippen LogP contribution in [0.1, 0.15) is 5.69 Å². The van der Waals surface area contributed by atoms with Gasteiger partial charge in [0.1, 0.15) is 15.4 Å². The second-order valence-corrected chi connectivity index (χ2v) is 7.08. The number of anilines is 1. The molecule has 3 N–H and O–H groups in total. The minimum atomic E-state index is -3.03. The van der Waals surface area contributed by atoms with Gasteiger partial charge in [-0.1, -0.05) is 18.2 Å². The molecule has 0 saturated carbocycles. The van der Waals surface area contributed by atoms with Crippen LogP contribution in [0.15, 0.2) is 24.3 Å². The number of H-pyrrole nitrogens is 1. The molecule has 0 fully saturated rings. The Balaban J connectivity index is 2.24. The van der Waals surface area contributed by atoms with E-state index in [0.717, 1.165) is 22.0 Å². The fraction of sp³-hybridized carbons (Fsp3) is 0.231. The second kappa shape index (κ2) is 4.45. The van der Waals surface area contributed by atoms with E-state index in [1.165, 1.54) is 6.26 Å². The van der Waals surface area contributed by atoms with E-state index in [1.54, 1.807) is 0 Å². The summed E-state index contributed by atoms with van der Waals surface area (Å²) >= 11 is 0. The van der Waals surface area contributed by atoms with Gasteiger partial charge in [0.05, 0.1) is 11.3 Å². The molecule has 20 heavy (non-hydrogen) atoms. The van der Waals surface area contributed by atoms with Crippen molar-refractivity contribution in [2.24, 2.45) is 0 Å². The standard InChI is InChI=1S/C13H14N4O2S/c1-20(18,19)7-6-10-11-8-4-2-3-5-9(8)15-13(14)12(11)17-16-10/h2-5H,6-7H2,1H3,(H2,14,15)(H,16,17). The number of aromatic nitrogens is 3. The molecule has 0 aliphatic carbocycles. The molecule has 6 nitrogen and oxygen atoms in total. The van der Waals surface area contributed by atoms with Crippen molar-refractivity contribution in [2.75, 3.05) is 17.7 Å². The number of rotatable bonds is 3. The third-order valence-electron chi connectivity index (χ3n) is 3.22. The lowest BCUT2D eigenvalue weighted by Crippen LogP contribution is -2.06. The largest absolute Gasteiger partial charge is 0.382 e. The van der Waals surface area contributed by atoms with Crippen molar-refractivity contribution in [3.8, 4) is 0 Å². The van der Waals surface area contributed by atoms with Gasteiger partial charge in [-0.05, 0) is 6.07 Å². The lowest BCUT2D eigenvalue weighted by Gasteiger charge is -2.03. The highest BCUT2D eigenvalue weighted by Crippen LogP contribution is 2.29. The number of hydrogen-bond acceptors (Lipinski definition) is 5. The number of fused-ring (bicyclic) bond motifs is 3. The number of nitrogens with zero attached hydrogens (tertiary/aromatic N) is 2. The van der Waals surface area contributed by atoms with Crippen LogP contribution in [-0.2, 0) is 16.3 Å². The molecule has 0 radical (unpaired) electrons. The lowest BCUT2D eigenvalue weighted by molar-refractivity contribution is 0.601. The third kappa shape index (κ3) is 2.20. The van der Waals surface area contributed by atoms with Crippen LogP contribution in [0, 0.1) is 0 Å². The summed E-state index contributed by atoms with van der Waals surface area (Å²) in [5.41, 5.74) is 8.05. The third-order valence-corrected chi connectivity index (χ3v) is 4.17. The number of benzene rings is 1. The summed E-state index contributed by atoms with van der Waals surface area (Å²) in [4.78, 5) is 4.30.